The molecule has 0 radical (unpaired) electrons. The van der Waals surface area contributed by atoms with Gasteiger partial charge >= 0.3 is 6.09 Å². The molecule has 1 amide bonds. The number of nitrogens with one attached hydrogen (secondary N) is 1. The van der Waals surface area contributed by atoms with Crippen LogP contribution >= 0.6 is 0 Å². The van der Waals surface area contributed by atoms with Crippen LogP contribution < -0.4 is 10.2 Å². The molecule has 2 fully saturated rings. The normalized spacial score (nSPS) is 21.3. The molecule has 3 aromatic rings. The number of aromatic nitrogens is 2. The Balaban J connectivity index is 1.23. The van der Waals surface area contributed by atoms with Gasteiger partial charge in [-0.3, -0.25) is 9.88 Å². The van der Waals surface area contributed by atoms with E-state index in [-0.39, 0.29) is 30.5 Å². The summed E-state index contributed by atoms with van der Waals surface area (Å²) < 4.78 is 33.6. The van der Waals surface area contributed by atoms with E-state index in [0.717, 1.165) is 16.8 Å². The maximum absolute atomic E-state index is 12.3. The number of rotatable bonds is 6. The van der Waals surface area contributed by atoms with Gasteiger partial charge in [-0.2, -0.15) is 0 Å². The molecule has 0 saturated carbocycles. The van der Waals surface area contributed by atoms with Crippen molar-refractivity contribution in [1.82, 2.24) is 10.1 Å². The number of anilines is 2. The second kappa shape index (κ2) is 8.73. The first kappa shape index (κ1) is 22.4. The van der Waals surface area contributed by atoms with E-state index in [2.05, 4.69) is 15.5 Å². The number of sulfone groups is 1. The minimum Gasteiger partial charge on any atom is -0.442 e. The van der Waals surface area contributed by atoms with Crippen LogP contribution in [0.2, 0.25) is 0 Å². The molecule has 34 heavy (non-hydrogen) atoms. The van der Waals surface area contributed by atoms with Crippen molar-refractivity contribution in [3.63, 3.8) is 0 Å². The molecule has 2 N–H and O–H groups in total. The Morgan fingerprint density at radius 3 is 2.47 bits per heavy atom. The largest absolute Gasteiger partial charge is 0.442 e. The van der Waals surface area contributed by atoms with Crippen molar-refractivity contribution in [2.75, 3.05) is 34.8 Å². The standard InChI is InChI=1S/C23H24N4O6S/c28-22-27(15-19(33-22)14-25-21-7-10-32-26-21)18-4-1-16(2-5-18)17-3-6-20(24-13-17)23(29)8-11-34(30,31)12-9-23/h1-7,10,13,19,29H,8-9,11-12,14-15H2,(H,25,26)/t19-/m0/s1. The lowest BCUT2D eigenvalue weighted by atomic mass is 9.92. The van der Waals surface area contributed by atoms with Gasteiger partial charge < -0.3 is 19.7 Å². The van der Waals surface area contributed by atoms with Gasteiger partial charge in [0.15, 0.2) is 15.7 Å². The van der Waals surface area contributed by atoms with Gasteiger partial charge in [0.25, 0.3) is 0 Å². The summed E-state index contributed by atoms with van der Waals surface area (Å²) in [4.78, 5) is 18.3. The highest BCUT2D eigenvalue weighted by atomic mass is 32.2. The Kier molecular flexibility index (Phi) is 5.74. The predicted molar refractivity (Wildman–Crippen MR) is 124 cm³/mol. The summed E-state index contributed by atoms with van der Waals surface area (Å²) in [6.45, 7) is 0.830. The highest BCUT2D eigenvalue weighted by molar-refractivity contribution is 7.91. The van der Waals surface area contributed by atoms with Crippen molar-refractivity contribution < 1.29 is 27.6 Å². The summed E-state index contributed by atoms with van der Waals surface area (Å²) in [7, 11) is -3.08. The lowest BCUT2D eigenvalue weighted by Gasteiger charge is -2.31. The van der Waals surface area contributed by atoms with Crippen molar-refractivity contribution >= 4 is 27.4 Å². The number of carbonyl (C=O) groups is 1. The molecule has 0 spiro atoms. The summed E-state index contributed by atoms with van der Waals surface area (Å²) in [5.41, 5.74) is 1.73. The minimum absolute atomic E-state index is 0.0372. The third-order valence-corrected chi connectivity index (χ3v) is 7.88. The van der Waals surface area contributed by atoms with Crippen LogP contribution in [0.1, 0.15) is 18.5 Å². The Labute approximate surface area is 196 Å². The molecule has 2 aliphatic rings. The van der Waals surface area contributed by atoms with E-state index in [1.165, 1.54) is 6.26 Å². The molecule has 0 aliphatic carbocycles. The molecule has 1 atom stereocenters. The summed E-state index contributed by atoms with van der Waals surface area (Å²) in [6.07, 6.45) is 2.70. The van der Waals surface area contributed by atoms with Gasteiger partial charge in [0, 0.05) is 23.5 Å². The zero-order chi connectivity index (χ0) is 23.8. The zero-order valence-corrected chi connectivity index (χ0v) is 19.1. The van der Waals surface area contributed by atoms with Crippen molar-refractivity contribution in [1.29, 1.82) is 0 Å². The van der Waals surface area contributed by atoms with Gasteiger partial charge in [0.1, 0.15) is 18.0 Å². The van der Waals surface area contributed by atoms with Gasteiger partial charge in [-0.25, -0.2) is 13.2 Å². The Morgan fingerprint density at radius 1 is 1.09 bits per heavy atom. The number of pyridine rings is 1. The molecule has 2 aliphatic heterocycles. The fourth-order valence-corrected chi connectivity index (χ4v) is 5.67. The number of nitrogens with zero attached hydrogens (tertiary/aromatic N) is 3. The average molecular weight is 485 g/mol. The van der Waals surface area contributed by atoms with Gasteiger partial charge in [-0.05, 0) is 36.6 Å². The SMILES string of the molecule is O=C1O[C@@H](CNc2ccon2)CN1c1ccc(-c2ccc(C3(O)CCS(=O)(=O)CC3)nc2)cc1. The third-order valence-electron chi connectivity index (χ3n) is 6.23. The number of hydrogen-bond donors (Lipinski definition) is 2. The van der Waals surface area contributed by atoms with E-state index in [9.17, 15) is 18.3 Å². The van der Waals surface area contributed by atoms with Crippen LogP contribution in [0.4, 0.5) is 16.3 Å². The second-order valence-corrected chi connectivity index (χ2v) is 10.8. The quantitative estimate of drug-likeness (QED) is 0.541. The first-order valence-corrected chi connectivity index (χ1v) is 12.8. The summed E-state index contributed by atoms with van der Waals surface area (Å²) in [5, 5.41) is 17.7. The van der Waals surface area contributed by atoms with E-state index in [4.69, 9.17) is 9.26 Å². The fourth-order valence-electron chi connectivity index (χ4n) is 4.17. The van der Waals surface area contributed by atoms with Crippen LogP contribution in [-0.4, -0.2) is 60.5 Å². The average Bonchev–Trinajstić information content (AvgIpc) is 3.50. The number of amides is 1. The number of carbonyl (C=O) groups excluding carboxylic acids is 1. The molecule has 178 valence electrons. The third kappa shape index (κ3) is 4.62. The number of aliphatic hydroxyl groups is 1. The summed E-state index contributed by atoms with van der Waals surface area (Å²) >= 11 is 0. The number of ether oxygens (including phenoxy) is 1. The van der Waals surface area contributed by atoms with Crippen LogP contribution in [0.3, 0.4) is 0 Å². The molecule has 5 rings (SSSR count). The predicted octanol–water partition coefficient (Wildman–Crippen LogP) is 2.57. The number of hydrogen-bond acceptors (Lipinski definition) is 9. The number of benzene rings is 1. The summed E-state index contributed by atoms with van der Waals surface area (Å²) in [6, 6.07) is 12.8. The first-order chi connectivity index (χ1) is 16.3. The monoisotopic (exact) mass is 484 g/mol. The second-order valence-electron chi connectivity index (χ2n) is 8.54. The molecule has 0 unspecified atom stereocenters. The molecule has 2 saturated heterocycles. The van der Waals surface area contributed by atoms with Crippen molar-refractivity contribution in [2.45, 2.75) is 24.5 Å². The van der Waals surface area contributed by atoms with Gasteiger partial charge in [0.2, 0.25) is 0 Å². The summed E-state index contributed by atoms with van der Waals surface area (Å²) in [5.74, 6) is 0.508. The van der Waals surface area contributed by atoms with Crippen molar-refractivity contribution in [3.8, 4) is 11.1 Å². The van der Waals surface area contributed by atoms with Gasteiger partial charge in [-0.1, -0.05) is 23.4 Å². The molecule has 2 aromatic heterocycles. The molecule has 4 heterocycles. The Hall–Kier alpha value is -3.44. The highest BCUT2D eigenvalue weighted by Crippen LogP contribution is 2.33. The Morgan fingerprint density at radius 2 is 1.82 bits per heavy atom. The Bertz CT molecular complexity index is 1250. The highest BCUT2D eigenvalue weighted by Gasteiger charge is 2.38. The maximum atomic E-state index is 12.3. The van der Waals surface area contributed by atoms with Crippen molar-refractivity contribution in [2.24, 2.45) is 0 Å². The van der Waals surface area contributed by atoms with E-state index in [1.54, 1.807) is 23.2 Å². The van der Waals surface area contributed by atoms with Crippen LogP contribution in [0, 0.1) is 0 Å². The molecule has 10 nitrogen and oxygen atoms in total. The first-order valence-electron chi connectivity index (χ1n) is 10.9. The lowest BCUT2D eigenvalue weighted by Crippen LogP contribution is -2.37. The van der Waals surface area contributed by atoms with Crippen molar-refractivity contribution in [3.05, 3.63) is 60.6 Å². The van der Waals surface area contributed by atoms with E-state index in [0.29, 0.717) is 24.6 Å². The van der Waals surface area contributed by atoms with E-state index >= 15 is 0 Å². The fraction of sp³-hybridized carbons (Fsp3) is 0.348. The van der Waals surface area contributed by atoms with E-state index < -0.39 is 21.5 Å². The van der Waals surface area contributed by atoms with Crippen LogP contribution in [0.15, 0.2) is 59.4 Å². The smallest absolute Gasteiger partial charge is 0.414 e. The zero-order valence-electron chi connectivity index (χ0n) is 18.3. The number of cyclic esters (lactones) is 1. The molecule has 0 bridgehead atoms. The van der Waals surface area contributed by atoms with Crippen LogP contribution in [-0.2, 0) is 20.2 Å². The molecular weight excluding hydrogens is 460 g/mol. The maximum Gasteiger partial charge on any atom is 0.414 e. The molecular formula is C23H24N4O6S. The van der Waals surface area contributed by atoms with Gasteiger partial charge in [0.05, 0.1) is 30.3 Å². The van der Waals surface area contributed by atoms with E-state index in [1.807, 2.05) is 30.3 Å². The molecule has 11 heteroatoms. The van der Waals surface area contributed by atoms with Gasteiger partial charge in [-0.15, -0.1) is 0 Å². The molecule has 1 aromatic carbocycles. The topological polar surface area (TPSA) is 135 Å². The minimum atomic E-state index is -3.08. The lowest BCUT2D eigenvalue weighted by molar-refractivity contribution is 0.0220. The van der Waals surface area contributed by atoms with Crippen LogP contribution in [0.25, 0.3) is 11.1 Å². The van der Waals surface area contributed by atoms with Crippen LogP contribution in [0.5, 0.6) is 0 Å².